The van der Waals surface area contributed by atoms with Crippen LogP contribution in [0.4, 0.5) is 4.79 Å². The maximum atomic E-state index is 13.6. The second-order valence-corrected chi connectivity index (χ2v) is 8.60. The average molecular weight is 437 g/mol. The highest BCUT2D eigenvalue weighted by molar-refractivity contribution is 6.07. The molecule has 3 heterocycles. The monoisotopic (exact) mass is 436 g/mol. The number of likely N-dealkylation sites (tertiary alicyclic amines) is 1. The fourth-order valence-corrected chi connectivity index (χ4v) is 4.81. The number of carbonyl (C=O) groups is 2. The molecule has 2 fully saturated rings. The van der Waals surface area contributed by atoms with Gasteiger partial charge in [-0.2, -0.15) is 0 Å². The van der Waals surface area contributed by atoms with E-state index in [1.54, 1.807) is 13.3 Å². The number of rotatable bonds is 9. The highest BCUT2D eigenvalue weighted by atomic mass is 16.5. The average Bonchev–Trinajstić information content (AvgIpc) is 3.02. The zero-order valence-corrected chi connectivity index (χ0v) is 18.8. The van der Waals surface area contributed by atoms with Gasteiger partial charge in [0.1, 0.15) is 5.54 Å². The fraction of sp³-hybridized carbons (Fsp3) is 0.480. The van der Waals surface area contributed by atoms with E-state index in [0.29, 0.717) is 32.4 Å². The van der Waals surface area contributed by atoms with Crippen molar-refractivity contribution in [1.82, 2.24) is 19.7 Å². The van der Waals surface area contributed by atoms with Gasteiger partial charge in [-0.25, -0.2) is 4.79 Å². The number of methoxy groups -OCH3 is 1. The molecule has 170 valence electrons. The Morgan fingerprint density at radius 3 is 2.44 bits per heavy atom. The Labute approximate surface area is 190 Å². The fourth-order valence-electron chi connectivity index (χ4n) is 4.81. The molecule has 32 heavy (non-hydrogen) atoms. The van der Waals surface area contributed by atoms with E-state index in [1.807, 2.05) is 29.2 Å². The van der Waals surface area contributed by atoms with Crippen LogP contribution in [-0.4, -0.2) is 77.1 Å². The molecule has 7 heteroatoms. The molecular formula is C25H32N4O3. The molecule has 1 spiro atoms. The Kier molecular flexibility index (Phi) is 7.17. The van der Waals surface area contributed by atoms with E-state index in [1.165, 1.54) is 10.5 Å². The van der Waals surface area contributed by atoms with Crippen LogP contribution in [0.5, 0.6) is 0 Å². The van der Waals surface area contributed by atoms with E-state index in [2.05, 4.69) is 34.1 Å². The normalized spacial score (nSPS) is 18.7. The standard InChI is InChI=1S/C25H32N4O3/c1-32-19-7-15-29-24(31)28(20-22-10-5-6-14-26-22)23(30)25(29)12-17-27(18-13-25)16-11-21-8-3-2-4-9-21/h2-6,8-10,14H,7,11-13,15-20H2,1H3. The molecule has 0 radical (unpaired) electrons. The molecule has 0 unspecified atom stereocenters. The zero-order chi connectivity index (χ0) is 22.4. The molecule has 3 amide bonds. The van der Waals surface area contributed by atoms with E-state index in [0.717, 1.165) is 31.7 Å². The quantitative estimate of drug-likeness (QED) is 0.447. The van der Waals surface area contributed by atoms with Crippen LogP contribution in [0.25, 0.3) is 0 Å². The second-order valence-electron chi connectivity index (χ2n) is 8.60. The van der Waals surface area contributed by atoms with Crippen molar-refractivity contribution in [3.05, 3.63) is 66.0 Å². The molecule has 7 nitrogen and oxygen atoms in total. The summed E-state index contributed by atoms with van der Waals surface area (Å²) in [4.78, 5) is 36.9. The van der Waals surface area contributed by atoms with Crippen molar-refractivity contribution < 1.29 is 14.3 Å². The minimum atomic E-state index is -0.747. The maximum Gasteiger partial charge on any atom is 0.328 e. The molecule has 1 aromatic carbocycles. The molecule has 0 aliphatic carbocycles. The molecular weight excluding hydrogens is 404 g/mol. The van der Waals surface area contributed by atoms with Gasteiger partial charge in [-0.15, -0.1) is 0 Å². The summed E-state index contributed by atoms with van der Waals surface area (Å²) in [5.41, 5.74) is 1.30. The number of aromatic nitrogens is 1. The molecule has 2 aromatic rings. The summed E-state index contributed by atoms with van der Waals surface area (Å²) in [6.07, 6.45) is 4.73. The molecule has 0 N–H and O–H groups in total. The number of amides is 3. The Hall–Kier alpha value is -2.77. The van der Waals surface area contributed by atoms with Crippen LogP contribution in [0.15, 0.2) is 54.7 Å². The number of benzene rings is 1. The van der Waals surface area contributed by atoms with E-state index in [9.17, 15) is 9.59 Å². The number of imide groups is 1. The van der Waals surface area contributed by atoms with Gasteiger partial charge in [-0.1, -0.05) is 36.4 Å². The number of hydrogen-bond acceptors (Lipinski definition) is 5. The molecule has 2 saturated heterocycles. The Balaban J connectivity index is 1.45. The van der Waals surface area contributed by atoms with Crippen molar-refractivity contribution in [2.45, 2.75) is 37.8 Å². The van der Waals surface area contributed by atoms with Gasteiger partial charge in [-0.3, -0.25) is 14.7 Å². The molecule has 0 atom stereocenters. The number of ether oxygens (including phenoxy) is 1. The van der Waals surface area contributed by atoms with Gasteiger partial charge in [0.05, 0.1) is 12.2 Å². The van der Waals surface area contributed by atoms with E-state index >= 15 is 0 Å². The van der Waals surface area contributed by atoms with Crippen molar-refractivity contribution in [1.29, 1.82) is 0 Å². The number of urea groups is 1. The first kappa shape index (κ1) is 22.4. The van der Waals surface area contributed by atoms with Crippen molar-refractivity contribution >= 4 is 11.9 Å². The van der Waals surface area contributed by atoms with Crippen LogP contribution in [0.2, 0.25) is 0 Å². The first-order chi connectivity index (χ1) is 15.6. The van der Waals surface area contributed by atoms with Gasteiger partial charge in [0, 0.05) is 46.1 Å². The minimum Gasteiger partial charge on any atom is -0.385 e. The molecule has 0 saturated carbocycles. The van der Waals surface area contributed by atoms with Crippen molar-refractivity contribution in [3.8, 4) is 0 Å². The summed E-state index contributed by atoms with van der Waals surface area (Å²) in [6, 6.07) is 15.8. The van der Waals surface area contributed by atoms with Crippen LogP contribution in [0.1, 0.15) is 30.5 Å². The summed E-state index contributed by atoms with van der Waals surface area (Å²) >= 11 is 0. The first-order valence-corrected chi connectivity index (χ1v) is 11.4. The van der Waals surface area contributed by atoms with Gasteiger partial charge in [-0.05, 0) is 43.4 Å². The van der Waals surface area contributed by atoms with Gasteiger partial charge >= 0.3 is 6.03 Å². The van der Waals surface area contributed by atoms with E-state index in [-0.39, 0.29) is 18.5 Å². The summed E-state index contributed by atoms with van der Waals surface area (Å²) in [5, 5.41) is 0. The lowest BCUT2D eigenvalue weighted by molar-refractivity contribution is -0.136. The highest BCUT2D eigenvalue weighted by Gasteiger charge is 2.57. The van der Waals surface area contributed by atoms with Gasteiger partial charge < -0.3 is 14.5 Å². The van der Waals surface area contributed by atoms with Crippen LogP contribution in [0.3, 0.4) is 0 Å². The summed E-state index contributed by atoms with van der Waals surface area (Å²) in [5.74, 6) is -0.0757. The van der Waals surface area contributed by atoms with Crippen LogP contribution in [0, 0.1) is 0 Å². The topological polar surface area (TPSA) is 66.0 Å². The zero-order valence-electron chi connectivity index (χ0n) is 18.8. The summed E-state index contributed by atoms with van der Waals surface area (Å²) < 4.78 is 5.20. The smallest absolute Gasteiger partial charge is 0.328 e. The third kappa shape index (κ3) is 4.69. The Morgan fingerprint density at radius 1 is 1.00 bits per heavy atom. The number of piperidine rings is 1. The number of pyridine rings is 1. The van der Waals surface area contributed by atoms with E-state index < -0.39 is 5.54 Å². The predicted molar refractivity (Wildman–Crippen MR) is 122 cm³/mol. The second kappa shape index (κ2) is 10.2. The summed E-state index contributed by atoms with van der Waals surface area (Å²) in [7, 11) is 1.66. The first-order valence-electron chi connectivity index (χ1n) is 11.4. The van der Waals surface area contributed by atoms with Gasteiger partial charge in [0.25, 0.3) is 5.91 Å². The molecule has 2 aliphatic heterocycles. The molecule has 0 bridgehead atoms. The maximum absolute atomic E-state index is 13.6. The van der Waals surface area contributed by atoms with Gasteiger partial charge in [0.2, 0.25) is 0 Å². The molecule has 4 rings (SSSR count). The third-order valence-electron chi connectivity index (χ3n) is 6.64. The third-order valence-corrected chi connectivity index (χ3v) is 6.64. The molecule has 1 aromatic heterocycles. The molecule has 2 aliphatic rings. The predicted octanol–water partition coefficient (Wildman–Crippen LogP) is 2.96. The van der Waals surface area contributed by atoms with Crippen molar-refractivity contribution in [2.24, 2.45) is 0 Å². The number of hydrogen-bond donors (Lipinski definition) is 0. The Morgan fingerprint density at radius 2 is 1.75 bits per heavy atom. The largest absolute Gasteiger partial charge is 0.385 e. The lowest BCUT2D eigenvalue weighted by atomic mass is 9.85. The SMILES string of the molecule is COCCCN1C(=O)N(Cc2ccccn2)C(=O)C12CCN(CCc1ccccc1)CC2. The Bertz CT molecular complexity index is 898. The van der Waals surface area contributed by atoms with Crippen molar-refractivity contribution in [2.75, 3.05) is 39.9 Å². The highest BCUT2D eigenvalue weighted by Crippen LogP contribution is 2.38. The number of carbonyl (C=O) groups excluding carboxylic acids is 2. The van der Waals surface area contributed by atoms with Crippen LogP contribution >= 0.6 is 0 Å². The lowest BCUT2D eigenvalue weighted by Crippen LogP contribution is -2.57. The van der Waals surface area contributed by atoms with Crippen LogP contribution in [-0.2, 0) is 22.5 Å². The van der Waals surface area contributed by atoms with Gasteiger partial charge in [0.15, 0.2) is 0 Å². The lowest BCUT2D eigenvalue weighted by Gasteiger charge is -2.42. The van der Waals surface area contributed by atoms with Crippen molar-refractivity contribution in [3.63, 3.8) is 0 Å². The summed E-state index contributed by atoms with van der Waals surface area (Å²) in [6.45, 7) is 3.90. The van der Waals surface area contributed by atoms with Crippen LogP contribution < -0.4 is 0 Å². The number of nitrogens with zero attached hydrogens (tertiary/aromatic N) is 4. The van der Waals surface area contributed by atoms with E-state index in [4.69, 9.17) is 4.74 Å². The minimum absolute atomic E-state index is 0.0757.